The first-order valence-electron chi connectivity index (χ1n) is 19.9. The van der Waals surface area contributed by atoms with Gasteiger partial charge in [-0.2, -0.15) is 0 Å². The smallest absolute Gasteiger partial charge is 0.177 e. The molecular weight excluding hydrogens is 739 g/mol. The van der Waals surface area contributed by atoms with E-state index in [2.05, 4.69) is 114 Å². The third-order valence-electron chi connectivity index (χ3n) is 12.9. The molecule has 8 aromatic rings. The first-order valence-corrected chi connectivity index (χ1v) is 19.9. The molecule has 0 bridgehead atoms. The monoisotopic (exact) mass is 788 g/mol. The zero-order valence-corrected chi connectivity index (χ0v) is 33.8. The number of ether oxygens (including phenoxy) is 2. The van der Waals surface area contributed by atoms with Crippen LogP contribution in [0.2, 0.25) is 0 Å². The summed E-state index contributed by atoms with van der Waals surface area (Å²) < 4.78 is 15.9. The number of fused-ring (bicyclic) bond motifs is 10. The Morgan fingerprint density at radius 3 is 1.36 bits per heavy atom. The molecule has 2 saturated heterocycles. The number of pyridine rings is 2. The Bertz CT molecular complexity index is 2470. The van der Waals surface area contributed by atoms with E-state index in [0.29, 0.717) is 0 Å². The molecule has 10 rings (SSSR count). The first-order chi connectivity index (χ1) is 26.6. The van der Waals surface area contributed by atoms with Gasteiger partial charge < -0.3 is 44.3 Å². The number of aromatic amines is 2. The van der Waals surface area contributed by atoms with Crippen LogP contribution in [0.3, 0.4) is 0 Å². The standard InChI is InChI=1S/C46H48N6O2.2ClH/c1-53-35-5-9-41-37(27-35)45-39-29-51(21-15-33(39)3-7-43(45)47-41)25-23-49-17-11-31(12-18-49)32-13-19-50(20-14-32)24-26-52-22-16-34-4-8-44-46(40(34)30-52)38-28-36(54-2)6-10-42(38)48-44;;/h3-10,15-16,21-22,27-32H,11-14,17-20,23-26H2,1-2H3;2*1H. The lowest BCUT2D eigenvalue weighted by Crippen LogP contribution is -3.00. The van der Waals surface area contributed by atoms with Gasteiger partial charge in [-0.3, -0.25) is 9.80 Å². The van der Waals surface area contributed by atoms with Crippen molar-refractivity contribution >= 4 is 65.2 Å². The second-order valence-electron chi connectivity index (χ2n) is 15.8. The molecule has 2 N–H and O–H groups in total. The molecule has 0 unspecified atom stereocenters. The predicted molar refractivity (Wildman–Crippen MR) is 218 cm³/mol. The van der Waals surface area contributed by atoms with Gasteiger partial charge in [0.25, 0.3) is 0 Å². The van der Waals surface area contributed by atoms with Crippen LogP contribution in [0.5, 0.6) is 11.5 Å². The molecule has 2 fully saturated rings. The van der Waals surface area contributed by atoms with Crippen molar-refractivity contribution in [2.24, 2.45) is 11.8 Å². The van der Waals surface area contributed by atoms with Crippen LogP contribution in [0.4, 0.5) is 0 Å². The van der Waals surface area contributed by atoms with Gasteiger partial charge in [0.1, 0.15) is 11.5 Å². The molecule has 10 heteroatoms. The van der Waals surface area contributed by atoms with E-state index in [1.807, 2.05) is 12.1 Å². The van der Waals surface area contributed by atoms with E-state index >= 15 is 0 Å². The lowest BCUT2D eigenvalue weighted by molar-refractivity contribution is -0.695. The number of likely N-dealkylation sites (tertiary alicyclic amines) is 2. The summed E-state index contributed by atoms with van der Waals surface area (Å²) in [6.07, 6.45) is 14.6. The molecule has 0 amide bonds. The third kappa shape index (κ3) is 7.13. The van der Waals surface area contributed by atoms with Gasteiger partial charge in [0.15, 0.2) is 37.9 Å². The highest BCUT2D eigenvalue weighted by Gasteiger charge is 2.30. The molecule has 0 spiro atoms. The minimum atomic E-state index is 0. The molecule has 0 radical (unpaired) electrons. The average molecular weight is 790 g/mol. The molecule has 8 nitrogen and oxygen atoms in total. The van der Waals surface area contributed by atoms with Crippen LogP contribution in [0, 0.1) is 11.8 Å². The molecule has 2 aliphatic heterocycles. The fourth-order valence-electron chi connectivity index (χ4n) is 9.71. The molecule has 0 aliphatic carbocycles. The Labute approximate surface area is 340 Å². The summed E-state index contributed by atoms with van der Waals surface area (Å²) in [7, 11) is 3.48. The van der Waals surface area contributed by atoms with Crippen molar-refractivity contribution in [3.63, 3.8) is 0 Å². The molecule has 2 aliphatic rings. The normalized spacial score (nSPS) is 16.2. The van der Waals surface area contributed by atoms with Gasteiger partial charge in [-0.15, -0.1) is 0 Å². The number of nitrogens with one attached hydrogen (secondary N) is 2. The van der Waals surface area contributed by atoms with Crippen LogP contribution in [0.15, 0.2) is 97.6 Å². The average Bonchev–Trinajstić information content (AvgIpc) is 3.80. The van der Waals surface area contributed by atoms with E-state index < -0.39 is 0 Å². The Morgan fingerprint density at radius 1 is 0.536 bits per heavy atom. The maximum absolute atomic E-state index is 5.56. The van der Waals surface area contributed by atoms with Crippen molar-refractivity contribution in [1.29, 1.82) is 0 Å². The van der Waals surface area contributed by atoms with Crippen molar-refractivity contribution in [3.8, 4) is 11.5 Å². The second-order valence-corrected chi connectivity index (χ2v) is 15.8. The van der Waals surface area contributed by atoms with Crippen LogP contribution in [-0.2, 0) is 13.1 Å². The van der Waals surface area contributed by atoms with Crippen LogP contribution in [-0.4, -0.2) is 73.3 Å². The molecular formula is C46H50Cl2N6O2. The second kappa shape index (κ2) is 16.1. The molecule has 56 heavy (non-hydrogen) atoms. The third-order valence-corrected chi connectivity index (χ3v) is 12.9. The minimum absolute atomic E-state index is 0. The van der Waals surface area contributed by atoms with Gasteiger partial charge >= 0.3 is 0 Å². The molecule has 4 aromatic carbocycles. The van der Waals surface area contributed by atoms with Crippen molar-refractivity contribution < 1.29 is 43.4 Å². The van der Waals surface area contributed by atoms with E-state index in [1.165, 1.54) is 106 Å². The number of piperidine rings is 2. The van der Waals surface area contributed by atoms with Crippen molar-refractivity contribution in [1.82, 2.24) is 19.8 Å². The fraction of sp³-hybridized carbons (Fsp3) is 0.348. The topological polar surface area (TPSA) is 64.3 Å². The fourth-order valence-corrected chi connectivity index (χ4v) is 9.71. The van der Waals surface area contributed by atoms with E-state index in [4.69, 9.17) is 9.47 Å². The lowest BCUT2D eigenvalue weighted by Gasteiger charge is -2.39. The van der Waals surface area contributed by atoms with Crippen molar-refractivity contribution in [2.45, 2.75) is 38.8 Å². The number of methoxy groups -OCH3 is 2. The summed E-state index contributed by atoms with van der Waals surface area (Å²) >= 11 is 0. The largest absolute Gasteiger partial charge is 1.00 e. The molecule has 0 atom stereocenters. The number of H-pyrrole nitrogens is 2. The lowest BCUT2D eigenvalue weighted by atomic mass is 9.79. The van der Waals surface area contributed by atoms with Crippen LogP contribution in [0.25, 0.3) is 65.2 Å². The van der Waals surface area contributed by atoms with E-state index in [-0.39, 0.29) is 24.8 Å². The van der Waals surface area contributed by atoms with Gasteiger partial charge in [0.05, 0.1) is 38.1 Å². The molecule has 4 aromatic heterocycles. The van der Waals surface area contributed by atoms with Crippen LogP contribution >= 0.6 is 0 Å². The Kier molecular flexibility index (Phi) is 11.0. The maximum Gasteiger partial charge on any atom is 0.177 e. The highest BCUT2D eigenvalue weighted by atomic mass is 35.5. The number of benzene rings is 4. The van der Waals surface area contributed by atoms with Crippen LogP contribution < -0.4 is 43.4 Å². The van der Waals surface area contributed by atoms with E-state index in [9.17, 15) is 0 Å². The van der Waals surface area contributed by atoms with Crippen molar-refractivity contribution in [3.05, 3.63) is 97.6 Å². The summed E-state index contributed by atoms with van der Waals surface area (Å²) in [5.41, 5.74) is 4.65. The quantitative estimate of drug-likeness (QED) is 0.220. The maximum atomic E-state index is 5.56. The Balaban J connectivity index is 0.00000220. The predicted octanol–water partition coefficient (Wildman–Crippen LogP) is 1.99. The van der Waals surface area contributed by atoms with E-state index in [0.717, 1.165) is 60.5 Å². The summed E-state index contributed by atoms with van der Waals surface area (Å²) in [6.45, 7) is 9.12. The van der Waals surface area contributed by atoms with Gasteiger partial charge in [0.2, 0.25) is 0 Å². The minimum Gasteiger partial charge on any atom is -1.00 e. The number of rotatable bonds is 9. The Hall–Kier alpha value is -4.60. The van der Waals surface area contributed by atoms with Gasteiger partial charge in [-0.25, -0.2) is 9.13 Å². The number of hydrogen-bond acceptors (Lipinski definition) is 4. The van der Waals surface area contributed by atoms with Gasteiger partial charge in [0, 0.05) is 55.7 Å². The first kappa shape index (κ1) is 38.3. The zero-order valence-electron chi connectivity index (χ0n) is 32.2. The summed E-state index contributed by atoms with van der Waals surface area (Å²) in [5, 5.41) is 10.1. The SMILES string of the molecule is COc1ccc2[nH]c3ccc4cc[n+](CCN5CCC(C6CCN(CC[n+]7ccc8ccc9[nH]c%10ccc(OC)cc%10c9c8c7)CC6)CC5)cc4c3c2c1.[Cl-].[Cl-]. The van der Waals surface area contributed by atoms with Crippen molar-refractivity contribution in [2.75, 3.05) is 53.5 Å². The zero-order chi connectivity index (χ0) is 36.2. The highest BCUT2D eigenvalue weighted by Crippen LogP contribution is 2.36. The number of halogens is 2. The summed E-state index contributed by atoms with van der Waals surface area (Å²) in [5.74, 6) is 3.53. The molecule has 0 saturated carbocycles. The molecule has 290 valence electrons. The molecule has 6 heterocycles. The summed E-state index contributed by atoms with van der Waals surface area (Å²) in [4.78, 5) is 12.6. The van der Waals surface area contributed by atoms with Crippen LogP contribution in [0.1, 0.15) is 25.7 Å². The number of hydrogen-bond donors (Lipinski definition) is 2. The summed E-state index contributed by atoms with van der Waals surface area (Å²) in [6, 6.07) is 26.0. The Morgan fingerprint density at radius 2 is 0.946 bits per heavy atom. The number of nitrogens with zero attached hydrogens (tertiary/aromatic N) is 4. The van der Waals surface area contributed by atoms with Gasteiger partial charge in [-0.1, -0.05) is 12.1 Å². The van der Waals surface area contributed by atoms with Gasteiger partial charge in [-0.05, 0) is 123 Å². The number of aromatic nitrogens is 4. The highest BCUT2D eigenvalue weighted by molar-refractivity contribution is 6.21. The van der Waals surface area contributed by atoms with E-state index in [1.54, 1.807) is 14.2 Å².